The number of nitrogens with two attached hydrogens (primary N) is 1. The smallest absolute Gasteiger partial charge is 0.223 e. The molecular formula is C20H25FN6O. The molecule has 3 rings (SSSR count). The Morgan fingerprint density at radius 3 is 2.46 bits per heavy atom. The number of alkyl halides is 1. The first kappa shape index (κ1) is 19.9. The normalized spacial score (nSPS) is 12.4. The Morgan fingerprint density at radius 1 is 1.14 bits per heavy atom. The summed E-state index contributed by atoms with van der Waals surface area (Å²) in [7, 11) is 3.42. The molecule has 0 saturated heterocycles. The molecule has 148 valence electrons. The second-order valence-corrected chi connectivity index (χ2v) is 7.61. The first-order valence-electron chi connectivity index (χ1n) is 8.94. The van der Waals surface area contributed by atoms with E-state index < -0.39 is 5.67 Å². The van der Waals surface area contributed by atoms with Crippen LogP contribution in [-0.2, 0) is 11.2 Å². The second-order valence-electron chi connectivity index (χ2n) is 7.61. The molecule has 0 atom stereocenters. The summed E-state index contributed by atoms with van der Waals surface area (Å²) in [5.74, 6) is 0.789. The summed E-state index contributed by atoms with van der Waals surface area (Å²) in [4.78, 5) is 17.4. The molecular weight excluding hydrogens is 359 g/mol. The van der Waals surface area contributed by atoms with Crippen molar-refractivity contribution in [3.8, 4) is 17.3 Å². The van der Waals surface area contributed by atoms with E-state index in [-0.39, 0.29) is 11.4 Å². The minimum Gasteiger partial charge on any atom is -0.480 e. The molecule has 0 aromatic carbocycles. The number of nitrogens with one attached hydrogen (secondary N) is 1. The van der Waals surface area contributed by atoms with Gasteiger partial charge in [-0.05, 0) is 57.8 Å². The number of nitrogens with zero attached hydrogens (tertiary/aromatic N) is 4. The van der Waals surface area contributed by atoms with Gasteiger partial charge in [-0.25, -0.2) is 24.3 Å². The van der Waals surface area contributed by atoms with Crippen molar-refractivity contribution in [2.24, 2.45) is 0 Å². The van der Waals surface area contributed by atoms with Gasteiger partial charge in [-0.15, -0.1) is 0 Å². The van der Waals surface area contributed by atoms with E-state index in [4.69, 9.17) is 10.5 Å². The number of aromatic nitrogens is 4. The lowest BCUT2D eigenvalue weighted by molar-refractivity contribution is 0.206. The summed E-state index contributed by atoms with van der Waals surface area (Å²) in [5.41, 5.74) is 5.92. The van der Waals surface area contributed by atoms with Gasteiger partial charge in [-0.3, -0.25) is 0 Å². The van der Waals surface area contributed by atoms with Crippen LogP contribution >= 0.6 is 0 Å². The number of fused-ring (bicyclic) bond motifs is 1. The molecule has 3 N–H and O–H groups in total. The zero-order valence-electron chi connectivity index (χ0n) is 17.0. The van der Waals surface area contributed by atoms with Gasteiger partial charge in [0, 0.05) is 17.9 Å². The zero-order chi connectivity index (χ0) is 20.7. The van der Waals surface area contributed by atoms with E-state index in [1.807, 2.05) is 20.9 Å². The Morgan fingerprint density at radius 2 is 1.86 bits per heavy atom. The molecule has 0 aliphatic heterocycles. The van der Waals surface area contributed by atoms with Crippen LogP contribution in [0.2, 0.25) is 0 Å². The van der Waals surface area contributed by atoms with Gasteiger partial charge in [0.05, 0.1) is 18.2 Å². The summed E-state index contributed by atoms with van der Waals surface area (Å²) in [6, 6.07) is 3.46. The van der Waals surface area contributed by atoms with Crippen molar-refractivity contribution in [3.05, 3.63) is 35.9 Å². The molecule has 28 heavy (non-hydrogen) atoms. The SMILES string of the molecule is CNC(C)(C)c1cnc(OC)c2c(-c3ccnc(C(C)(C)F)n3)nc(N)cc12. The lowest BCUT2D eigenvalue weighted by atomic mass is 9.91. The van der Waals surface area contributed by atoms with E-state index in [1.165, 1.54) is 20.0 Å². The average Bonchev–Trinajstić information content (AvgIpc) is 2.65. The summed E-state index contributed by atoms with van der Waals surface area (Å²) in [6.45, 7) is 6.90. The standard InChI is InChI=1S/C20H25FN6O/c1-19(2,21)18-24-8-7-13(26-18)16-15-11(9-14(22)27-16)12(20(3,4)23-5)10-25-17(15)28-6/h7-10,23H,1-6H3,(H2,22,27). The van der Waals surface area contributed by atoms with Crippen LogP contribution in [0.3, 0.4) is 0 Å². The van der Waals surface area contributed by atoms with E-state index in [1.54, 1.807) is 25.4 Å². The van der Waals surface area contributed by atoms with E-state index in [0.29, 0.717) is 28.5 Å². The van der Waals surface area contributed by atoms with Gasteiger partial charge in [0.25, 0.3) is 0 Å². The van der Waals surface area contributed by atoms with Crippen LogP contribution in [0.15, 0.2) is 24.5 Å². The number of hydrogen-bond acceptors (Lipinski definition) is 7. The molecule has 0 aliphatic rings. The van der Waals surface area contributed by atoms with Gasteiger partial charge in [0.2, 0.25) is 5.88 Å². The van der Waals surface area contributed by atoms with Crippen molar-refractivity contribution in [1.29, 1.82) is 0 Å². The maximum Gasteiger partial charge on any atom is 0.223 e. The van der Waals surface area contributed by atoms with Crippen LogP contribution in [0.4, 0.5) is 10.2 Å². The predicted octanol–water partition coefficient (Wildman–Crippen LogP) is 3.34. The monoisotopic (exact) mass is 384 g/mol. The molecule has 0 saturated carbocycles. The van der Waals surface area contributed by atoms with E-state index in [2.05, 4.69) is 25.3 Å². The van der Waals surface area contributed by atoms with Crippen molar-refractivity contribution in [1.82, 2.24) is 25.3 Å². The van der Waals surface area contributed by atoms with Crippen LogP contribution in [-0.4, -0.2) is 34.1 Å². The topological polar surface area (TPSA) is 98.8 Å². The van der Waals surface area contributed by atoms with E-state index >= 15 is 0 Å². The summed E-state index contributed by atoms with van der Waals surface area (Å²) < 4.78 is 19.9. The number of pyridine rings is 2. The first-order chi connectivity index (χ1) is 13.1. The molecule has 0 unspecified atom stereocenters. The third-order valence-electron chi connectivity index (χ3n) is 4.78. The van der Waals surface area contributed by atoms with Gasteiger partial charge < -0.3 is 15.8 Å². The molecule has 8 heteroatoms. The van der Waals surface area contributed by atoms with Crippen LogP contribution in [0.25, 0.3) is 22.2 Å². The number of anilines is 1. The number of ether oxygens (including phenoxy) is 1. The fourth-order valence-electron chi connectivity index (χ4n) is 3.00. The Kier molecular flexibility index (Phi) is 4.93. The molecule has 3 aromatic rings. The van der Waals surface area contributed by atoms with Crippen molar-refractivity contribution in [2.45, 2.75) is 38.9 Å². The predicted molar refractivity (Wildman–Crippen MR) is 108 cm³/mol. The highest BCUT2D eigenvalue weighted by Gasteiger charge is 2.27. The molecule has 3 aromatic heterocycles. The Bertz CT molecular complexity index is 1030. The maximum absolute atomic E-state index is 14.4. The molecule has 3 heterocycles. The minimum absolute atomic E-state index is 0.0704. The van der Waals surface area contributed by atoms with E-state index in [0.717, 1.165) is 10.9 Å². The van der Waals surface area contributed by atoms with Crippen molar-refractivity contribution in [2.75, 3.05) is 19.9 Å². The van der Waals surface area contributed by atoms with Gasteiger partial charge in [0.1, 0.15) is 11.5 Å². The third kappa shape index (κ3) is 3.47. The summed E-state index contributed by atoms with van der Waals surface area (Å²) in [6.07, 6.45) is 3.27. The maximum atomic E-state index is 14.4. The highest BCUT2D eigenvalue weighted by atomic mass is 19.1. The number of nitrogen functional groups attached to an aromatic ring is 1. The van der Waals surface area contributed by atoms with Gasteiger partial charge >= 0.3 is 0 Å². The lowest BCUT2D eigenvalue weighted by Gasteiger charge is -2.26. The van der Waals surface area contributed by atoms with Crippen molar-refractivity contribution in [3.63, 3.8) is 0 Å². The fraction of sp³-hybridized carbons (Fsp3) is 0.400. The molecule has 0 amide bonds. The fourth-order valence-corrected chi connectivity index (χ4v) is 3.00. The zero-order valence-corrected chi connectivity index (χ0v) is 17.0. The van der Waals surface area contributed by atoms with Crippen LogP contribution in [0.5, 0.6) is 5.88 Å². The second kappa shape index (κ2) is 6.94. The number of methoxy groups -OCH3 is 1. The van der Waals surface area contributed by atoms with Gasteiger partial charge in [0.15, 0.2) is 11.5 Å². The highest BCUT2D eigenvalue weighted by molar-refractivity contribution is 6.00. The lowest BCUT2D eigenvalue weighted by Crippen LogP contribution is -2.33. The molecule has 0 bridgehead atoms. The quantitative estimate of drug-likeness (QED) is 0.696. The molecule has 7 nitrogen and oxygen atoms in total. The van der Waals surface area contributed by atoms with Crippen LogP contribution in [0, 0.1) is 0 Å². The Balaban J connectivity index is 2.40. The number of halogens is 1. The molecule has 0 aliphatic carbocycles. The number of rotatable bonds is 5. The number of hydrogen-bond donors (Lipinski definition) is 2. The van der Waals surface area contributed by atoms with E-state index in [9.17, 15) is 4.39 Å². The van der Waals surface area contributed by atoms with Gasteiger partial charge in [-0.1, -0.05) is 0 Å². The average molecular weight is 384 g/mol. The Hall–Kier alpha value is -2.87. The first-order valence-corrected chi connectivity index (χ1v) is 8.94. The van der Waals surface area contributed by atoms with Gasteiger partial charge in [-0.2, -0.15) is 0 Å². The molecule has 0 fully saturated rings. The summed E-state index contributed by atoms with van der Waals surface area (Å²) in [5, 5.41) is 4.78. The highest BCUT2D eigenvalue weighted by Crippen LogP contribution is 2.38. The van der Waals surface area contributed by atoms with Crippen LogP contribution in [0.1, 0.15) is 39.1 Å². The third-order valence-corrected chi connectivity index (χ3v) is 4.78. The molecule has 0 spiro atoms. The van der Waals surface area contributed by atoms with Crippen LogP contribution < -0.4 is 15.8 Å². The minimum atomic E-state index is -1.69. The van der Waals surface area contributed by atoms with Crippen molar-refractivity contribution >= 4 is 16.6 Å². The Labute approximate surface area is 163 Å². The van der Waals surface area contributed by atoms with Crippen molar-refractivity contribution < 1.29 is 9.13 Å². The summed E-state index contributed by atoms with van der Waals surface area (Å²) >= 11 is 0. The largest absolute Gasteiger partial charge is 0.480 e. The molecule has 0 radical (unpaired) electrons.